The molecule has 0 fully saturated rings. The third kappa shape index (κ3) is 3.43. The van der Waals surface area contributed by atoms with Gasteiger partial charge in [0.25, 0.3) is 5.91 Å². The van der Waals surface area contributed by atoms with E-state index in [0.717, 1.165) is 11.3 Å². The number of rotatable bonds is 5. The van der Waals surface area contributed by atoms with Crippen molar-refractivity contribution in [3.8, 4) is 0 Å². The Bertz CT molecular complexity index is 846. The van der Waals surface area contributed by atoms with Crippen LogP contribution in [0, 0.1) is 5.82 Å². The summed E-state index contributed by atoms with van der Waals surface area (Å²) in [6.45, 7) is 0. The van der Waals surface area contributed by atoms with Crippen molar-refractivity contribution in [2.75, 3.05) is 10.6 Å². The van der Waals surface area contributed by atoms with Crippen LogP contribution in [-0.2, 0) is 16.0 Å². The van der Waals surface area contributed by atoms with Gasteiger partial charge in [-0.05, 0) is 42.3 Å². The molecular formula is C18H15FN2O3. The van der Waals surface area contributed by atoms with Gasteiger partial charge in [0.2, 0.25) is 0 Å². The molecular weight excluding hydrogens is 311 g/mol. The molecule has 0 aliphatic carbocycles. The molecule has 5 nitrogen and oxygen atoms in total. The number of carboxylic acid groups (broad SMARTS) is 1. The lowest BCUT2D eigenvalue weighted by molar-refractivity contribution is -0.137. The number of amides is 1. The molecule has 24 heavy (non-hydrogen) atoms. The third-order valence-electron chi connectivity index (χ3n) is 3.70. The molecule has 0 radical (unpaired) electrons. The third-order valence-corrected chi connectivity index (χ3v) is 3.70. The Morgan fingerprint density at radius 2 is 2.08 bits per heavy atom. The van der Waals surface area contributed by atoms with Crippen molar-refractivity contribution in [2.24, 2.45) is 0 Å². The molecule has 3 rings (SSSR count). The van der Waals surface area contributed by atoms with E-state index in [4.69, 9.17) is 5.11 Å². The van der Waals surface area contributed by atoms with Crippen LogP contribution in [0.15, 0.2) is 48.7 Å². The molecule has 122 valence electrons. The van der Waals surface area contributed by atoms with E-state index in [9.17, 15) is 14.0 Å². The first kappa shape index (κ1) is 15.7. The number of carboxylic acids is 1. The van der Waals surface area contributed by atoms with Gasteiger partial charge in [-0.1, -0.05) is 12.1 Å². The molecule has 3 N–H and O–H groups in total. The molecule has 0 unspecified atom stereocenters. The molecule has 1 aliphatic rings. The Hall–Kier alpha value is -3.15. The van der Waals surface area contributed by atoms with Crippen LogP contribution in [0.2, 0.25) is 0 Å². The van der Waals surface area contributed by atoms with Gasteiger partial charge >= 0.3 is 5.97 Å². The Balaban J connectivity index is 1.79. The number of anilines is 2. The first-order valence-electron chi connectivity index (χ1n) is 7.41. The van der Waals surface area contributed by atoms with Gasteiger partial charge in [-0.25, -0.2) is 4.39 Å². The molecule has 0 spiro atoms. The minimum atomic E-state index is -0.850. The largest absolute Gasteiger partial charge is 0.481 e. The van der Waals surface area contributed by atoms with Crippen LogP contribution in [-0.4, -0.2) is 17.0 Å². The summed E-state index contributed by atoms with van der Waals surface area (Å²) in [5, 5.41) is 14.4. The van der Waals surface area contributed by atoms with Crippen molar-refractivity contribution in [1.29, 1.82) is 0 Å². The number of nitrogens with one attached hydrogen (secondary N) is 2. The summed E-state index contributed by atoms with van der Waals surface area (Å²) < 4.78 is 13.4. The zero-order chi connectivity index (χ0) is 17.1. The molecule has 6 heteroatoms. The van der Waals surface area contributed by atoms with E-state index in [1.54, 1.807) is 12.1 Å². The molecule has 0 saturated heterocycles. The van der Waals surface area contributed by atoms with Gasteiger partial charge in [-0.2, -0.15) is 0 Å². The van der Waals surface area contributed by atoms with Crippen molar-refractivity contribution in [2.45, 2.75) is 12.8 Å². The highest BCUT2D eigenvalue weighted by Crippen LogP contribution is 2.32. The maximum Gasteiger partial charge on any atom is 0.303 e. The molecule has 2 aromatic carbocycles. The monoisotopic (exact) mass is 326 g/mol. The summed E-state index contributed by atoms with van der Waals surface area (Å²) in [5.41, 5.74) is 3.03. The molecule has 2 aromatic rings. The van der Waals surface area contributed by atoms with Crippen molar-refractivity contribution < 1.29 is 19.1 Å². The normalized spacial score (nSPS) is 14.4. The second-order valence-corrected chi connectivity index (χ2v) is 5.44. The fourth-order valence-corrected chi connectivity index (χ4v) is 2.53. The Morgan fingerprint density at radius 1 is 1.25 bits per heavy atom. The average molecular weight is 326 g/mol. The summed E-state index contributed by atoms with van der Waals surface area (Å²) >= 11 is 0. The Labute approximate surface area is 137 Å². The quantitative estimate of drug-likeness (QED) is 0.737. The Morgan fingerprint density at radius 3 is 2.88 bits per heavy atom. The molecule has 0 saturated carbocycles. The fraction of sp³-hybridized carbons (Fsp3) is 0.111. The van der Waals surface area contributed by atoms with E-state index in [1.165, 1.54) is 24.4 Å². The van der Waals surface area contributed by atoms with Crippen molar-refractivity contribution in [3.63, 3.8) is 0 Å². The number of hydrogen-bond donors (Lipinski definition) is 3. The number of fused-ring (bicyclic) bond motifs is 1. The number of carbonyl (C=O) groups excluding carboxylic acids is 1. The van der Waals surface area contributed by atoms with Crippen molar-refractivity contribution in [1.82, 2.24) is 0 Å². The zero-order valence-corrected chi connectivity index (χ0v) is 12.7. The molecule has 0 aromatic heterocycles. The van der Waals surface area contributed by atoms with E-state index in [-0.39, 0.29) is 12.3 Å². The number of benzene rings is 2. The van der Waals surface area contributed by atoms with E-state index in [2.05, 4.69) is 10.6 Å². The van der Waals surface area contributed by atoms with Gasteiger partial charge in [0.15, 0.2) is 0 Å². The predicted molar refractivity (Wildman–Crippen MR) is 89.0 cm³/mol. The first-order valence-corrected chi connectivity index (χ1v) is 7.41. The minimum absolute atomic E-state index is 0.0552. The second-order valence-electron chi connectivity index (χ2n) is 5.44. The lowest BCUT2D eigenvalue weighted by Crippen LogP contribution is -2.05. The number of halogens is 1. The SMILES string of the molecule is O=C(O)CCc1cccc(NC=C2C(=O)Nc3ccc(F)cc32)c1. The second kappa shape index (κ2) is 6.54. The Kier molecular flexibility index (Phi) is 4.29. The van der Waals surface area contributed by atoms with Gasteiger partial charge < -0.3 is 15.7 Å². The topological polar surface area (TPSA) is 78.4 Å². The standard InChI is InChI=1S/C18H15FN2O3/c19-12-5-6-16-14(9-12)15(18(24)21-16)10-20-13-3-1-2-11(8-13)4-7-17(22)23/h1-3,5-6,8-10,20H,4,7H2,(H,21,24)(H,22,23). The molecule has 1 amide bonds. The van der Waals surface area contributed by atoms with Gasteiger partial charge in [-0.3, -0.25) is 9.59 Å². The highest BCUT2D eigenvalue weighted by molar-refractivity contribution is 6.31. The lowest BCUT2D eigenvalue weighted by Gasteiger charge is -2.05. The van der Waals surface area contributed by atoms with Gasteiger partial charge in [0.1, 0.15) is 5.82 Å². The van der Waals surface area contributed by atoms with Crippen LogP contribution in [0.3, 0.4) is 0 Å². The highest BCUT2D eigenvalue weighted by atomic mass is 19.1. The van der Waals surface area contributed by atoms with Crippen LogP contribution < -0.4 is 10.6 Å². The molecule has 1 aliphatic heterocycles. The van der Waals surface area contributed by atoms with Crippen LogP contribution >= 0.6 is 0 Å². The molecule has 1 heterocycles. The van der Waals surface area contributed by atoms with E-state index >= 15 is 0 Å². The van der Waals surface area contributed by atoms with Gasteiger partial charge in [0, 0.05) is 29.6 Å². The van der Waals surface area contributed by atoms with Crippen molar-refractivity contribution >= 4 is 28.8 Å². The highest BCUT2D eigenvalue weighted by Gasteiger charge is 2.24. The van der Waals surface area contributed by atoms with E-state index in [1.807, 2.05) is 12.1 Å². The summed E-state index contributed by atoms with van der Waals surface area (Å²) in [7, 11) is 0. The van der Waals surface area contributed by atoms with E-state index in [0.29, 0.717) is 23.2 Å². The van der Waals surface area contributed by atoms with Crippen LogP contribution in [0.4, 0.5) is 15.8 Å². The van der Waals surface area contributed by atoms with Gasteiger partial charge in [-0.15, -0.1) is 0 Å². The average Bonchev–Trinajstić information content (AvgIpc) is 2.86. The maximum absolute atomic E-state index is 13.4. The zero-order valence-electron chi connectivity index (χ0n) is 12.7. The summed E-state index contributed by atoms with van der Waals surface area (Å²) in [4.78, 5) is 22.6. The number of hydrogen-bond acceptors (Lipinski definition) is 3. The first-order chi connectivity index (χ1) is 11.5. The van der Waals surface area contributed by atoms with Gasteiger partial charge in [0.05, 0.1) is 5.57 Å². The van der Waals surface area contributed by atoms with Crippen LogP contribution in [0.5, 0.6) is 0 Å². The molecule has 0 bridgehead atoms. The smallest absolute Gasteiger partial charge is 0.303 e. The van der Waals surface area contributed by atoms with Crippen LogP contribution in [0.1, 0.15) is 17.5 Å². The fourth-order valence-electron chi connectivity index (χ4n) is 2.53. The number of carbonyl (C=O) groups is 2. The van der Waals surface area contributed by atoms with E-state index < -0.39 is 11.8 Å². The van der Waals surface area contributed by atoms with Crippen molar-refractivity contribution in [3.05, 3.63) is 65.6 Å². The lowest BCUT2D eigenvalue weighted by atomic mass is 10.1. The van der Waals surface area contributed by atoms with Crippen LogP contribution in [0.25, 0.3) is 5.57 Å². The number of aryl methyl sites for hydroxylation is 1. The summed E-state index contributed by atoms with van der Waals surface area (Å²) in [6, 6.07) is 11.4. The molecule has 0 atom stereocenters. The maximum atomic E-state index is 13.4. The predicted octanol–water partition coefficient (Wildman–Crippen LogP) is 3.25. The summed E-state index contributed by atoms with van der Waals surface area (Å²) in [5.74, 6) is -1.56. The summed E-state index contributed by atoms with van der Waals surface area (Å²) in [6.07, 6.45) is 2.01. The number of aliphatic carboxylic acids is 1. The minimum Gasteiger partial charge on any atom is -0.481 e.